The molecule has 0 saturated carbocycles. The lowest BCUT2D eigenvalue weighted by Crippen LogP contribution is -2.41. The molecule has 3 N–H and O–H groups in total. The third kappa shape index (κ3) is 4.16. The zero-order valence-corrected chi connectivity index (χ0v) is 17.5. The molecule has 2 heterocycles. The SMILES string of the molecule is CC(C)(C)OC(=O)N[C@H]1CCN(S(=O)(=O)c2cccc3c(N)ncc(Cl)c23)C1. The number of hydrogen-bond donors (Lipinski definition) is 2. The summed E-state index contributed by atoms with van der Waals surface area (Å²) in [6, 6.07) is 4.45. The quantitative estimate of drug-likeness (QED) is 0.779. The van der Waals surface area contributed by atoms with Gasteiger partial charge in [-0.3, -0.25) is 0 Å². The first-order chi connectivity index (χ1) is 13.0. The van der Waals surface area contributed by atoms with Gasteiger partial charge in [-0.1, -0.05) is 23.7 Å². The fourth-order valence-corrected chi connectivity index (χ4v) is 5.18. The standard InChI is InChI=1S/C18H23ClN4O4S/c1-18(2,3)27-17(24)22-11-7-8-23(10-11)28(25,26)14-6-4-5-12-15(14)13(19)9-21-16(12)20/h4-6,9,11H,7-8,10H2,1-3H3,(H2,20,21)(H,22,24)/t11-/m0/s1. The van der Waals surface area contributed by atoms with Crippen molar-refractivity contribution in [2.24, 2.45) is 0 Å². The van der Waals surface area contributed by atoms with Crippen LogP contribution in [0, 0.1) is 0 Å². The lowest BCUT2D eigenvalue weighted by Gasteiger charge is -2.22. The summed E-state index contributed by atoms with van der Waals surface area (Å²) in [5, 5.41) is 3.77. The smallest absolute Gasteiger partial charge is 0.407 e. The Morgan fingerprint density at radius 2 is 2.11 bits per heavy atom. The molecular weight excluding hydrogens is 404 g/mol. The highest BCUT2D eigenvalue weighted by Crippen LogP contribution is 2.34. The van der Waals surface area contributed by atoms with Crippen molar-refractivity contribution >= 4 is 44.3 Å². The van der Waals surface area contributed by atoms with E-state index in [9.17, 15) is 13.2 Å². The van der Waals surface area contributed by atoms with E-state index in [4.69, 9.17) is 22.1 Å². The predicted octanol–water partition coefficient (Wildman–Crippen LogP) is 2.76. The van der Waals surface area contributed by atoms with Crippen LogP contribution < -0.4 is 11.1 Å². The van der Waals surface area contributed by atoms with E-state index in [0.29, 0.717) is 17.2 Å². The van der Waals surface area contributed by atoms with E-state index in [1.165, 1.54) is 16.6 Å². The number of carbonyl (C=O) groups is 1. The number of nitrogen functional groups attached to an aromatic ring is 1. The van der Waals surface area contributed by atoms with Crippen LogP contribution in [-0.2, 0) is 14.8 Å². The first-order valence-electron chi connectivity index (χ1n) is 8.81. The van der Waals surface area contributed by atoms with Gasteiger partial charge in [0.1, 0.15) is 11.4 Å². The largest absolute Gasteiger partial charge is 0.444 e. The van der Waals surface area contributed by atoms with Crippen molar-refractivity contribution in [2.75, 3.05) is 18.8 Å². The summed E-state index contributed by atoms with van der Waals surface area (Å²) < 4.78 is 33.0. The third-order valence-electron chi connectivity index (χ3n) is 4.35. The van der Waals surface area contributed by atoms with Crippen molar-refractivity contribution < 1.29 is 17.9 Å². The molecule has 1 aliphatic heterocycles. The number of rotatable bonds is 3. The Labute approximate surface area is 169 Å². The first kappa shape index (κ1) is 20.6. The number of sulfonamides is 1. The number of amides is 1. The van der Waals surface area contributed by atoms with Crippen molar-refractivity contribution in [1.82, 2.24) is 14.6 Å². The van der Waals surface area contributed by atoms with E-state index in [1.54, 1.807) is 32.9 Å². The Bertz CT molecular complexity index is 1020. The van der Waals surface area contributed by atoms with Crippen molar-refractivity contribution in [3.63, 3.8) is 0 Å². The second-order valence-electron chi connectivity index (χ2n) is 7.66. The molecule has 0 aliphatic carbocycles. The van der Waals surface area contributed by atoms with Crippen LogP contribution in [0.15, 0.2) is 29.3 Å². The molecular formula is C18H23ClN4O4S. The number of aromatic nitrogens is 1. The third-order valence-corrected chi connectivity index (χ3v) is 6.54. The second-order valence-corrected chi connectivity index (χ2v) is 9.98. The number of alkyl carbamates (subject to hydrolysis) is 1. The number of pyridine rings is 1. The average molecular weight is 427 g/mol. The van der Waals surface area contributed by atoms with E-state index >= 15 is 0 Å². The average Bonchev–Trinajstić information content (AvgIpc) is 3.05. The number of fused-ring (bicyclic) bond motifs is 1. The molecule has 1 atom stereocenters. The fraction of sp³-hybridized carbons (Fsp3) is 0.444. The monoisotopic (exact) mass is 426 g/mol. The maximum atomic E-state index is 13.2. The molecule has 8 nitrogen and oxygen atoms in total. The summed E-state index contributed by atoms with van der Waals surface area (Å²) in [4.78, 5) is 16.0. The van der Waals surface area contributed by atoms with Crippen LogP contribution >= 0.6 is 11.6 Å². The number of nitrogens with one attached hydrogen (secondary N) is 1. The van der Waals surface area contributed by atoms with Gasteiger partial charge < -0.3 is 15.8 Å². The van der Waals surface area contributed by atoms with Gasteiger partial charge in [0.05, 0.1) is 9.92 Å². The molecule has 1 aromatic carbocycles. The number of anilines is 1. The van der Waals surface area contributed by atoms with Crippen molar-refractivity contribution in [1.29, 1.82) is 0 Å². The number of nitrogens with two attached hydrogens (primary N) is 1. The van der Waals surface area contributed by atoms with E-state index in [1.807, 2.05) is 0 Å². The van der Waals surface area contributed by atoms with Crippen LogP contribution in [0.3, 0.4) is 0 Å². The molecule has 10 heteroatoms. The predicted molar refractivity (Wildman–Crippen MR) is 108 cm³/mol. The van der Waals surface area contributed by atoms with Crippen LogP contribution in [-0.4, -0.2) is 48.5 Å². The molecule has 1 aliphatic rings. The number of halogens is 1. The molecule has 1 amide bonds. The van der Waals surface area contributed by atoms with Gasteiger partial charge in [-0.15, -0.1) is 0 Å². The van der Waals surface area contributed by atoms with Gasteiger partial charge in [-0.2, -0.15) is 4.31 Å². The molecule has 3 rings (SSSR count). The highest BCUT2D eigenvalue weighted by molar-refractivity contribution is 7.89. The zero-order valence-electron chi connectivity index (χ0n) is 15.9. The van der Waals surface area contributed by atoms with Crippen LogP contribution in [0.2, 0.25) is 5.02 Å². The van der Waals surface area contributed by atoms with E-state index in [-0.39, 0.29) is 34.9 Å². The zero-order chi connectivity index (χ0) is 20.7. The maximum absolute atomic E-state index is 13.2. The number of benzene rings is 1. The summed E-state index contributed by atoms with van der Waals surface area (Å²) in [6.07, 6.45) is 1.26. The maximum Gasteiger partial charge on any atom is 0.407 e. The van der Waals surface area contributed by atoms with E-state index in [2.05, 4.69) is 10.3 Å². The summed E-state index contributed by atoms with van der Waals surface area (Å²) in [5.74, 6) is 0.211. The van der Waals surface area contributed by atoms with Gasteiger partial charge in [0.2, 0.25) is 10.0 Å². The van der Waals surface area contributed by atoms with Crippen LogP contribution in [0.5, 0.6) is 0 Å². The Morgan fingerprint density at radius 3 is 2.79 bits per heavy atom. The lowest BCUT2D eigenvalue weighted by molar-refractivity contribution is 0.0507. The van der Waals surface area contributed by atoms with Gasteiger partial charge in [-0.05, 0) is 33.3 Å². The minimum Gasteiger partial charge on any atom is -0.444 e. The number of ether oxygens (including phenoxy) is 1. The van der Waals surface area contributed by atoms with Crippen molar-refractivity contribution in [2.45, 2.75) is 43.7 Å². The Balaban J connectivity index is 1.85. The molecule has 0 unspecified atom stereocenters. The van der Waals surface area contributed by atoms with Gasteiger partial charge in [-0.25, -0.2) is 18.2 Å². The summed E-state index contributed by atoms with van der Waals surface area (Å²) >= 11 is 6.23. The fourth-order valence-electron chi connectivity index (χ4n) is 3.14. The topological polar surface area (TPSA) is 115 Å². The second kappa shape index (κ2) is 7.38. The molecule has 2 aromatic rings. The van der Waals surface area contributed by atoms with Crippen molar-refractivity contribution in [3.8, 4) is 0 Å². The molecule has 0 bridgehead atoms. The molecule has 1 saturated heterocycles. The highest BCUT2D eigenvalue weighted by atomic mass is 35.5. The molecule has 152 valence electrons. The van der Waals surface area contributed by atoms with Gasteiger partial charge >= 0.3 is 6.09 Å². The Morgan fingerprint density at radius 1 is 1.39 bits per heavy atom. The van der Waals surface area contributed by atoms with Gasteiger partial charge in [0, 0.05) is 36.1 Å². The molecule has 28 heavy (non-hydrogen) atoms. The summed E-state index contributed by atoms with van der Waals surface area (Å²) in [6.45, 7) is 5.72. The molecule has 0 radical (unpaired) electrons. The van der Waals surface area contributed by atoms with Crippen LogP contribution in [0.4, 0.5) is 10.6 Å². The van der Waals surface area contributed by atoms with Crippen LogP contribution in [0.25, 0.3) is 10.8 Å². The Kier molecular flexibility index (Phi) is 5.44. The minimum absolute atomic E-state index is 0.0713. The van der Waals surface area contributed by atoms with Crippen molar-refractivity contribution in [3.05, 3.63) is 29.4 Å². The molecule has 0 spiro atoms. The van der Waals surface area contributed by atoms with E-state index < -0.39 is 21.7 Å². The van der Waals surface area contributed by atoms with Crippen LogP contribution in [0.1, 0.15) is 27.2 Å². The highest BCUT2D eigenvalue weighted by Gasteiger charge is 2.35. The molecule has 1 fully saturated rings. The lowest BCUT2D eigenvalue weighted by atomic mass is 10.1. The number of nitrogens with zero attached hydrogens (tertiary/aromatic N) is 2. The number of hydrogen-bond acceptors (Lipinski definition) is 6. The van der Waals surface area contributed by atoms with E-state index in [0.717, 1.165) is 0 Å². The van der Waals surface area contributed by atoms with Gasteiger partial charge in [0.25, 0.3) is 0 Å². The number of carbonyl (C=O) groups excluding carboxylic acids is 1. The van der Waals surface area contributed by atoms with Gasteiger partial charge in [0.15, 0.2) is 0 Å². The Hall–Kier alpha value is -2.10. The normalized spacial score (nSPS) is 18.4. The first-order valence-corrected chi connectivity index (χ1v) is 10.6. The summed E-state index contributed by atoms with van der Waals surface area (Å²) in [5.41, 5.74) is 5.26. The minimum atomic E-state index is -3.83. The summed E-state index contributed by atoms with van der Waals surface area (Å²) in [7, 11) is -3.83. The molecule has 1 aromatic heterocycles.